The summed E-state index contributed by atoms with van der Waals surface area (Å²) >= 11 is 6.60. The van der Waals surface area contributed by atoms with Gasteiger partial charge < -0.3 is 10.1 Å². The van der Waals surface area contributed by atoms with Crippen LogP contribution >= 0.6 is 24.0 Å². The van der Waals surface area contributed by atoms with Gasteiger partial charge in [-0.3, -0.25) is 14.5 Å². The number of hydrogen-bond donors (Lipinski definition) is 1. The molecule has 0 atom stereocenters. The van der Waals surface area contributed by atoms with E-state index in [2.05, 4.69) is 5.32 Å². The van der Waals surface area contributed by atoms with Crippen molar-refractivity contribution in [1.82, 2.24) is 4.90 Å². The average molecular weight is 427 g/mol. The maximum Gasteiger partial charge on any atom is 0.266 e. The third-order valence-electron chi connectivity index (χ3n) is 4.73. The van der Waals surface area contributed by atoms with Crippen LogP contribution in [0.3, 0.4) is 0 Å². The lowest BCUT2D eigenvalue weighted by molar-refractivity contribution is -0.122. The summed E-state index contributed by atoms with van der Waals surface area (Å²) in [7, 11) is 1.61. The Morgan fingerprint density at radius 1 is 1.21 bits per heavy atom. The minimum Gasteiger partial charge on any atom is -0.497 e. The van der Waals surface area contributed by atoms with Crippen molar-refractivity contribution in [1.29, 1.82) is 0 Å². The van der Waals surface area contributed by atoms with E-state index in [9.17, 15) is 9.59 Å². The minimum absolute atomic E-state index is 0.146. The fourth-order valence-corrected chi connectivity index (χ4v) is 4.17. The number of carbonyl (C=O) groups excluding carboxylic acids is 2. The zero-order valence-corrected chi connectivity index (χ0v) is 18.2. The highest BCUT2D eigenvalue weighted by Crippen LogP contribution is 2.33. The third kappa shape index (κ3) is 5.05. The molecular formula is C22H22N2O3S2. The second kappa shape index (κ2) is 9.24. The summed E-state index contributed by atoms with van der Waals surface area (Å²) in [5.74, 6) is 0.437. The standard InChI is InChI=1S/C22H22N2O3S2/c1-14-5-4-6-18(15(14)2)23-20(25)11-12-24-21(26)19(29-22(24)28)13-16-7-9-17(27-3)10-8-16/h4-10,13H,11-12H2,1-3H3,(H,23,25). The minimum atomic E-state index is -0.171. The van der Waals surface area contributed by atoms with Crippen LogP contribution in [0.5, 0.6) is 5.75 Å². The van der Waals surface area contributed by atoms with Crippen LogP contribution in [0, 0.1) is 13.8 Å². The van der Waals surface area contributed by atoms with Crippen LogP contribution in [0.4, 0.5) is 5.69 Å². The Morgan fingerprint density at radius 2 is 1.93 bits per heavy atom. The van der Waals surface area contributed by atoms with Gasteiger partial charge >= 0.3 is 0 Å². The zero-order chi connectivity index (χ0) is 21.0. The number of rotatable bonds is 6. The normalized spacial score (nSPS) is 15.1. The van der Waals surface area contributed by atoms with Crippen molar-refractivity contribution in [2.75, 3.05) is 19.0 Å². The molecule has 0 aliphatic carbocycles. The van der Waals surface area contributed by atoms with Gasteiger partial charge in [-0.05, 0) is 54.8 Å². The summed E-state index contributed by atoms with van der Waals surface area (Å²) in [6, 6.07) is 13.2. The van der Waals surface area contributed by atoms with Crippen LogP contribution < -0.4 is 10.1 Å². The van der Waals surface area contributed by atoms with Crippen LogP contribution in [0.15, 0.2) is 47.4 Å². The molecule has 1 fully saturated rings. The van der Waals surface area contributed by atoms with Crippen molar-refractivity contribution in [3.05, 3.63) is 64.1 Å². The highest BCUT2D eigenvalue weighted by molar-refractivity contribution is 8.26. The Balaban J connectivity index is 1.61. The number of nitrogens with one attached hydrogen (secondary N) is 1. The molecule has 1 aliphatic rings. The summed E-state index contributed by atoms with van der Waals surface area (Å²) in [4.78, 5) is 27.1. The Labute approximate surface area is 180 Å². The fourth-order valence-electron chi connectivity index (χ4n) is 2.86. The van der Waals surface area contributed by atoms with E-state index < -0.39 is 0 Å². The number of nitrogens with zero attached hydrogens (tertiary/aromatic N) is 1. The monoisotopic (exact) mass is 426 g/mol. The van der Waals surface area contributed by atoms with Gasteiger partial charge in [0, 0.05) is 18.7 Å². The van der Waals surface area contributed by atoms with Crippen molar-refractivity contribution in [3.63, 3.8) is 0 Å². The van der Waals surface area contributed by atoms with Gasteiger partial charge in [-0.15, -0.1) is 0 Å². The van der Waals surface area contributed by atoms with E-state index in [1.54, 1.807) is 13.2 Å². The smallest absolute Gasteiger partial charge is 0.266 e. The molecule has 150 valence electrons. The van der Waals surface area contributed by atoms with E-state index in [0.29, 0.717) is 9.23 Å². The van der Waals surface area contributed by atoms with E-state index >= 15 is 0 Å². The second-order valence-electron chi connectivity index (χ2n) is 6.65. The fraction of sp³-hybridized carbons (Fsp3) is 0.227. The molecule has 0 spiro atoms. The van der Waals surface area contributed by atoms with Crippen molar-refractivity contribution in [2.24, 2.45) is 0 Å². The van der Waals surface area contributed by atoms with Gasteiger partial charge in [0.1, 0.15) is 10.1 Å². The van der Waals surface area contributed by atoms with Crippen molar-refractivity contribution in [3.8, 4) is 5.75 Å². The molecule has 0 aromatic heterocycles. The average Bonchev–Trinajstić information content (AvgIpc) is 2.97. The number of ether oxygens (including phenoxy) is 1. The van der Waals surface area contributed by atoms with Crippen LogP contribution in [-0.2, 0) is 9.59 Å². The second-order valence-corrected chi connectivity index (χ2v) is 8.33. The van der Waals surface area contributed by atoms with Crippen LogP contribution in [-0.4, -0.2) is 34.7 Å². The Morgan fingerprint density at radius 3 is 2.62 bits per heavy atom. The maximum absolute atomic E-state index is 12.7. The molecule has 0 bridgehead atoms. The first-order chi connectivity index (χ1) is 13.9. The van der Waals surface area contributed by atoms with E-state index in [0.717, 1.165) is 28.1 Å². The van der Waals surface area contributed by atoms with E-state index in [1.807, 2.05) is 56.3 Å². The highest BCUT2D eigenvalue weighted by Gasteiger charge is 2.32. The number of hydrogen-bond acceptors (Lipinski definition) is 5. The molecule has 1 saturated heterocycles. The molecule has 1 heterocycles. The molecule has 0 radical (unpaired) electrons. The molecule has 1 N–H and O–H groups in total. The lowest BCUT2D eigenvalue weighted by Crippen LogP contribution is -2.31. The van der Waals surface area contributed by atoms with Gasteiger partial charge in [-0.1, -0.05) is 48.2 Å². The summed E-state index contributed by atoms with van der Waals surface area (Å²) in [5.41, 5.74) is 3.83. The van der Waals surface area contributed by atoms with Gasteiger partial charge in [0.15, 0.2) is 0 Å². The zero-order valence-electron chi connectivity index (χ0n) is 16.5. The van der Waals surface area contributed by atoms with E-state index in [-0.39, 0.29) is 24.8 Å². The third-order valence-corrected chi connectivity index (χ3v) is 6.11. The Kier molecular flexibility index (Phi) is 6.71. The number of thiocarbonyl (C=S) groups is 1. The molecule has 29 heavy (non-hydrogen) atoms. The topological polar surface area (TPSA) is 58.6 Å². The lowest BCUT2D eigenvalue weighted by atomic mass is 10.1. The van der Waals surface area contributed by atoms with E-state index in [4.69, 9.17) is 17.0 Å². The van der Waals surface area contributed by atoms with Gasteiger partial charge in [-0.25, -0.2) is 0 Å². The maximum atomic E-state index is 12.7. The summed E-state index contributed by atoms with van der Waals surface area (Å²) < 4.78 is 5.61. The molecule has 2 aromatic carbocycles. The van der Waals surface area contributed by atoms with E-state index in [1.165, 1.54) is 16.7 Å². The Hall–Kier alpha value is -2.64. The largest absolute Gasteiger partial charge is 0.497 e. The van der Waals surface area contributed by atoms with Crippen LogP contribution in [0.2, 0.25) is 0 Å². The molecule has 7 heteroatoms. The molecule has 2 amide bonds. The van der Waals surface area contributed by atoms with Crippen molar-refractivity contribution >= 4 is 51.9 Å². The number of carbonyl (C=O) groups is 2. The predicted molar refractivity (Wildman–Crippen MR) is 122 cm³/mol. The number of anilines is 1. The number of benzene rings is 2. The first-order valence-corrected chi connectivity index (χ1v) is 10.4. The summed E-state index contributed by atoms with van der Waals surface area (Å²) in [6.07, 6.45) is 1.98. The lowest BCUT2D eigenvalue weighted by Gasteiger charge is -2.15. The number of amides is 2. The number of thioether (sulfide) groups is 1. The van der Waals surface area contributed by atoms with Gasteiger partial charge in [-0.2, -0.15) is 0 Å². The molecule has 0 unspecified atom stereocenters. The summed E-state index contributed by atoms with van der Waals surface area (Å²) in [6.45, 7) is 4.22. The molecule has 2 aromatic rings. The summed E-state index contributed by atoms with van der Waals surface area (Å²) in [5, 5.41) is 2.91. The van der Waals surface area contributed by atoms with Crippen molar-refractivity contribution < 1.29 is 14.3 Å². The molecular weight excluding hydrogens is 404 g/mol. The number of aryl methyl sites for hydroxylation is 1. The van der Waals surface area contributed by atoms with Gasteiger partial charge in [0.2, 0.25) is 5.91 Å². The number of methoxy groups -OCH3 is 1. The molecule has 3 rings (SSSR count). The molecule has 1 aliphatic heterocycles. The highest BCUT2D eigenvalue weighted by atomic mass is 32.2. The SMILES string of the molecule is COc1ccc(C=C2SC(=S)N(CCC(=O)Nc3cccc(C)c3C)C2=O)cc1. The predicted octanol–water partition coefficient (Wildman–Crippen LogP) is 4.54. The van der Waals surface area contributed by atoms with Gasteiger partial charge in [0.25, 0.3) is 5.91 Å². The van der Waals surface area contributed by atoms with Crippen molar-refractivity contribution in [2.45, 2.75) is 20.3 Å². The first-order valence-electron chi connectivity index (χ1n) is 9.14. The molecule has 5 nitrogen and oxygen atoms in total. The van der Waals surface area contributed by atoms with Gasteiger partial charge in [0.05, 0.1) is 12.0 Å². The molecule has 0 saturated carbocycles. The quantitative estimate of drug-likeness (QED) is 0.543. The first kappa shape index (κ1) is 21.1. The Bertz CT molecular complexity index is 984. The van der Waals surface area contributed by atoms with Crippen LogP contribution in [0.25, 0.3) is 6.08 Å². The van der Waals surface area contributed by atoms with Crippen LogP contribution in [0.1, 0.15) is 23.1 Å².